The van der Waals surface area contributed by atoms with Crippen LogP contribution in [-0.2, 0) is 0 Å². The fourth-order valence-corrected chi connectivity index (χ4v) is 3.51. The third-order valence-electron chi connectivity index (χ3n) is 4.67. The minimum atomic E-state index is -0.151. The lowest BCUT2D eigenvalue weighted by atomic mass is 10.1. The molecule has 1 saturated heterocycles. The van der Waals surface area contributed by atoms with Gasteiger partial charge in [0.25, 0.3) is 5.91 Å². The third-order valence-corrected chi connectivity index (χ3v) is 4.67. The van der Waals surface area contributed by atoms with E-state index < -0.39 is 0 Å². The van der Waals surface area contributed by atoms with Crippen molar-refractivity contribution in [3.05, 3.63) is 59.2 Å². The number of carbonyl (C=O) groups is 1. The molecule has 0 atom stereocenters. The van der Waals surface area contributed by atoms with E-state index in [1.807, 2.05) is 50.2 Å². The molecule has 1 aromatic heterocycles. The number of nitrogens with zero attached hydrogens (tertiary/aromatic N) is 3. The molecule has 0 radical (unpaired) electrons. The molecule has 0 spiro atoms. The van der Waals surface area contributed by atoms with Gasteiger partial charge in [-0.15, -0.1) is 0 Å². The van der Waals surface area contributed by atoms with E-state index in [9.17, 15) is 4.79 Å². The maximum Gasteiger partial charge on any atom is 0.256 e. The molecule has 5 heteroatoms. The summed E-state index contributed by atoms with van der Waals surface area (Å²) in [6, 6.07) is 13.6. The van der Waals surface area contributed by atoms with Crippen LogP contribution >= 0.6 is 0 Å². The highest BCUT2D eigenvalue weighted by Gasteiger charge is 2.21. The second kappa shape index (κ2) is 6.75. The van der Waals surface area contributed by atoms with Gasteiger partial charge in [-0.25, -0.2) is 9.97 Å². The number of aryl methyl sites for hydroxylation is 2. The van der Waals surface area contributed by atoms with Gasteiger partial charge in [0.1, 0.15) is 0 Å². The number of hydrogen-bond donors (Lipinski definition) is 1. The van der Waals surface area contributed by atoms with Crippen LogP contribution in [0.25, 0.3) is 11.0 Å². The molecule has 4 rings (SSSR count). The highest BCUT2D eigenvalue weighted by Crippen LogP contribution is 2.28. The number of rotatable bonds is 3. The highest BCUT2D eigenvalue weighted by atomic mass is 16.1. The van der Waals surface area contributed by atoms with Crippen LogP contribution < -0.4 is 10.2 Å². The van der Waals surface area contributed by atoms with Crippen LogP contribution in [0, 0.1) is 13.8 Å². The molecule has 26 heavy (non-hydrogen) atoms. The monoisotopic (exact) mass is 346 g/mol. The van der Waals surface area contributed by atoms with E-state index in [2.05, 4.69) is 16.3 Å². The van der Waals surface area contributed by atoms with Crippen LogP contribution in [0.1, 0.15) is 34.3 Å². The predicted molar refractivity (Wildman–Crippen MR) is 105 cm³/mol. The second-order valence-corrected chi connectivity index (χ2v) is 6.91. The lowest BCUT2D eigenvalue weighted by molar-refractivity contribution is 0.102. The van der Waals surface area contributed by atoms with Crippen molar-refractivity contribution in [2.24, 2.45) is 0 Å². The minimum absolute atomic E-state index is 0.151. The normalized spacial score (nSPS) is 14.0. The van der Waals surface area contributed by atoms with Gasteiger partial charge in [0, 0.05) is 18.7 Å². The van der Waals surface area contributed by atoms with Crippen molar-refractivity contribution in [2.75, 3.05) is 23.3 Å². The van der Waals surface area contributed by atoms with Crippen molar-refractivity contribution >= 4 is 28.6 Å². The summed E-state index contributed by atoms with van der Waals surface area (Å²) in [5, 5.41) is 3.00. The van der Waals surface area contributed by atoms with E-state index in [1.54, 1.807) is 0 Å². The van der Waals surface area contributed by atoms with Crippen LogP contribution in [0.4, 0.5) is 11.6 Å². The van der Waals surface area contributed by atoms with Gasteiger partial charge < -0.3 is 10.2 Å². The Morgan fingerprint density at radius 1 is 0.962 bits per heavy atom. The molecule has 2 aromatic carbocycles. The van der Waals surface area contributed by atoms with Gasteiger partial charge >= 0.3 is 0 Å². The largest absolute Gasteiger partial charge is 0.354 e. The fraction of sp³-hybridized carbons (Fsp3) is 0.286. The number of carbonyl (C=O) groups excluding carboxylic acids is 1. The second-order valence-electron chi connectivity index (χ2n) is 6.91. The third kappa shape index (κ3) is 3.25. The lowest BCUT2D eigenvalue weighted by Crippen LogP contribution is -2.23. The number of anilines is 2. The van der Waals surface area contributed by atoms with Gasteiger partial charge in [0.05, 0.1) is 11.0 Å². The zero-order chi connectivity index (χ0) is 18.1. The van der Waals surface area contributed by atoms with E-state index in [1.165, 1.54) is 0 Å². The Morgan fingerprint density at radius 3 is 2.23 bits per heavy atom. The van der Waals surface area contributed by atoms with Gasteiger partial charge in [-0.05, 0) is 51.0 Å². The van der Waals surface area contributed by atoms with E-state index >= 15 is 0 Å². The van der Waals surface area contributed by atoms with E-state index in [0.29, 0.717) is 11.4 Å². The van der Waals surface area contributed by atoms with Crippen molar-refractivity contribution in [2.45, 2.75) is 26.7 Å². The molecule has 1 fully saturated rings. The van der Waals surface area contributed by atoms with Gasteiger partial charge in [-0.1, -0.05) is 29.3 Å². The number of para-hydroxylation sites is 2. The molecule has 1 aliphatic heterocycles. The first-order valence-corrected chi connectivity index (χ1v) is 9.01. The van der Waals surface area contributed by atoms with Gasteiger partial charge in [0.2, 0.25) is 0 Å². The molecule has 3 aromatic rings. The Labute approximate surface area is 153 Å². The topological polar surface area (TPSA) is 58.1 Å². The Kier molecular flexibility index (Phi) is 4.29. The zero-order valence-electron chi connectivity index (χ0n) is 15.1. The molecule has 5 nitrogen and oxygen atoms in total. The summed E-state index contributed by atoms with van der Waals surface area (Å²) in [5.41, 5.74) is 4.41. The number of amides is 1. The molecule has 1 N–H and O–H groups in total. The summed E-state index contributed by atoms with van der Waals surface area (Å²) >= 11 is 0. The predicted octanol–water partition coefficient (Wildman–Crippen LogP) is 4.10. The van der Waals surface area contributed by atoms with Crippen molar-refractivity contribution in [1.82, 2.24) is 9.97 Å². The summed E-state index contributed by atoms with van der Waals surface area (Å²) in [7, 11) is 0. The summed E-state index contributed by atoms with van der Waals surface area (Å²) < 4.78 is 0. The summed E-state index contributed by atoms with van der Waals surface area (Å²) in [6.07, 6.45) is 2.28. The maximum absolute atomic E-state index is 12.8. The molecular weight excluding hydrogens is 324 g/mol. The lowest BCUT2D eigenvalue weighted by Gasteiger charge is -2.20. The van der Waals surface area contributed by atoms with Crippen molar-refractivity contribution in [3.8, 4) is 0 Å². The zero-order valence-corrected chi connectivity index (χ0v) is 15.1. The smallest absolute Gasteiger partial charge is 0.256 e. The van der Waals surface area contributed by atoms with Gasteiger partial charge in [-0.2, -0.15) is 0 Å². The standard InChI is InChI=1S/C21H22N4O/c1-14-11-15(2)13-16(12-14)21(26)24-19-20(25-9-5-6-10-25)23-18-8-4-3-7-17(18)22-19/h3-4,7-8,11-13H,5-6,9-10H2,1-2H3,(H,22,24,26). The average molecular weight is 346 g/mol. The Balaban J connectivity index is 1.74. The Morgan fingerprint density at radius 2 is 1.58 bits per heavy atom. The van der Waals surface area contributed by atoms with Crippen LogP contribution in [0.2, 0.25) is 0 Å². The SMILES string of the molecule is Cc1cc(C)cc(C(=O)Nc2nc3ccccc3nc2N2CCCC2)c1. The van der Waals surface area contributed by atoms with Crippen LogP contribution in [-0.4, -0.2) is 29.0 Å². The average Bonchev–Trinajstić information content (AvgIpc) is 3.14. The van der Waals surface area contributed by atoms with E-state index in [0.717, 1.165) is 53.9 Å². The molecule has 0 unspecified atom stereocenters. The van der Waals surface area contributed by atoms with Crippen LogP contribution in [0.15, 0.2) is 42.5 Å². The number of hydrogen-bond acceptors (Lipinski definition) is 4. The van der Waals surface area contributed by atoms with E-state index in [4.69, 9.17) is 9.97 Å². The Hall–Kier alpha value is -2.95. The first kappa shape index (κ1) is 16.5. The minimum Gasteiger partial charge on any atom is -0.354 e. The van der Waals surface area contributed by atoms with E-state index in [-0.39, 0.29) is 5.91 Å². The van der Waals surface area contributed by atoms with Crippen molar-refractivity contribution < 1.29 is 4.79 Å². The van der Waals surface area contributed by atoms with Gasteiger partial charge in [0.15, 0.2) is 11.6 Å². The number of nitrogens with one attached hydrogen (secondary N) is 1. The molecule has 0 aliphatic carbocycles. The van der Waals surface area contributed by atoms with Crippen molar-refractivity contribution in [3.63, 3.8) is 0 Å². The summed E-state index contributed by atoms with van der Waals surface area (Å²) in [5.74, 6) is 1.15. The first-order valence-electron chi connectivity index (χ1n) is 9.01. The molecule has 0 saturated carbocycles. The molecule has 0 bridgehead atoms. The molecule has 2 heterocycles. The van der Waals surface area contributed by atoms with Gasteiger partial charge in [-0.3, -0.25) is 4.79 Å². The van der Waals surface area contributed by atoms with Crippen LogP contribution in [0.5, 0.6) is 0 Å². The Bertz CT molecular complexity index is 957. The number of aromatic nitrogens is 2. The summed E-state index contributed by atoms with van der Waals surface area (Å²) in [6.45, 7) is 5.88. The first-order chi connectivity index (χ1) is 12.6. The fourth-order valence-electron chi connectivity index (χ4n) is 3.51. The molecular formula is C21H22N4O. The quantitative estimate of drug-likeness (QED) is 0.776. The maximum atomic E-state index is 12.8. The van der Waals surface area contributed by atoms with Crippen molar-refractivity contribution in [1.29, 1.82) is 0 Å². The molecule has 1 amide bonds. The summed E-state index contributed by atoms with van der Waals surface area (Å²) in [4.78, 5) is 24.5. The number of fused-ring (bicyclic) bond motifs is 1. The highest BCUT2D eigenvalue weighted by molar-refractivity contribution is 6.05. The molecule has 1 aliphatic rings. The molecule has 132 valence electrons. The van der Waals surface area contributed by atoms with Crippen LogP contribution in [0.3, 0.4) is 0 Å². The number of benzene rings is 2.